The zero-order valence-electron chi connectivity index (χ0n) is 18.7. The van der Waals surface area contributed by atoms with Gasteiger partial charge in [-0.25, -0.2) is 8.42 Å². The van der Waals surface area contributed by atoms with E-state index in [4.69, 9.17) is 0 Å². The number of likely N-dealkylation sites (tertiary alicyclic amines) is 1. The standard InChI is InChI=1S/C24H33N3O3S/c1-19-8-4-11-22(16-19)26(3)31(29,30)23-12-5-10-21(17-23)24(28)25-13-7-15-27-14-6-9-20(2)18-27/h4-5,8,10-12,16-17,20H,6-7,9,13-15,18H2,1-3H3,(H,25,28)/t20-/m1/s1. The lowest BCUT2D eigenvalue weighted by Crippen LogP contribution is -2.36. The smallest absolute Gasteiger partial charge is 0.264 e. The molecule has 168 valence electrons. The molecule has 7 heteroatoms. The largest absolute Gasteiger partial charge is 0.352 e. The minimum absolute atomic E-state index is 0.103. The average molecular weight is 444 g/mol. The van der Waals surface area contributed by atoms with Gasteiger partial charge in [-0.3, -0.25) is 9.10 Å². The van der Waals surface area contributed by atoms with E-state index in [9.17, 15) is 13.2 Å². The maximum absolute atomic E-state index is 13.1. The molecule has 0 unspecified atom stereocenters. The van der Waals surface area contributed by atoms with Gasteiger partial charge in [0.15, 0.2) is 0 Å². The van der Waals surface area contributed by atoms with E-state index >= 15 is 0 Å². The molecule has 0 bridgehead atoms. The fourth-order valence-corrected chi connectivity index (χ4v) is 5.25. The Balaban J connectivity index is 1.60. The molecule has 0 radical (unpaired) electrons. The Morgan fingerprint density at radius 2 is 1.97 bits per heavy atom. The number of sulfonamides is 1. The van der Waals surface area contributed by atoms with Crippen LogP contribution in [-0.4, -0.2) is 52.5 Å². The van der Waals surface area contributed by atoms with Crippen molar-refractivity contribution in [2.24, 2.45) is 5.92 Å². The van der Waals surface area contributed by atoms with E-state index < -0.39 is 10.0 Å². The Bertz CT molecular complexity index is 1010. The molecular weight excluding hydrogens is 410 g/mol. The summed E-state index contributed by atoms with van der Waals surface area (Å²) in [6, 6.07) is 13.5. The van der Waals surface area contributed by atoms with Crippen molar-refractivity contribution in [2.75, 3.05) is 37.5 Å². The molecule has 1 fully saturated rings. The van der Waals surface area contributed by atoms with Crippen molar-refractivity contribution in [3.8, 4) is 0 Å². The van der Waals surface area contributed by atoms with Crippen LogP contribution >= 0.6 is 0 Å². The van der Waals surface area contributed by atoms with Gasteiger partial charge < -0.3 is 10.2 Å². The summed E-state index contributed by atoms with van der Waals surface area (Å²) in [5.41, 5.74) is 1.92. The molecule has 2 aromatic rings. The number of nitrogens with zero attached hydrogens (tertiary/aromatic N) is 2. The van der Waals surface area contributed by atoms with Gasteiger partial charge in [-0.2, -0.15) is 0 Å². The van der Waals surface area contributed by atoms with Crippen molar-refractivity contribution in [1.82, 2.24) is 10.2 Å². The van der Waals surface area contributed by atoms with Crippen molar-refractivity contribution in [1.29, 1.82) is 0 Å². The second-order valence-corrected chi connectivity index (χ2v) is 10.5. The number of nitrogens with one attached hydrogen (secondary N) is 1. The van der Waals surface area contributed by atoms with Gasteiger partial charge in [0.05, 0.1) is 10.6 Å². The summed E-state index contributed by atoms with van der Waals surface area (Å²) in [5, 5.41) is 2.92. The maximum atomic E-state index is 13.1. The minimum atomic E-state index is -3.76. The van der Waals surface area contributed by atoms with Crippen LogP contribution in [0.4, 0.5) is 5.69 Å². The summed E-state index contributed by atoms with van der Waals surface area (Å²) in [4.78, 5) is 15.1. The number of anilines is 1. The second kappa shape index (κ2) is 10.3. The number of carbonyl (C=O) groups excluding carboxylic acids is 1. The van der Waals surface area contributed by atoms with Crippen molar-refractivity contribution >= 4 is 21.6 Å². The lowest BCUT2D eigenvalue weighted by atomic mass is 10.0. The van der Waals surface area contributed by atoms with Crippen LogP contribution in [0.5, 0.6) is 0 Å². The van der Waals surface area contributed by atoms with Gasteiger partial charge in [0.25, 0.3) is 15.9 Å². The van der Waals surface area contributed by atoms with Crippen LogP contribution in [-0.2, 0) is 10.0 Å². The highest BCUT2D eigenvalue weighted by Crippen LogP contribution is 2.23. The van der Waals surface area contributed by atoms with Crippen LogP contribution in [0.1, 0.15) is 42.1 Å². The number of carbonyl (C=O) groups is 1. The van der Waals surface area contributed by atoms with E-state index in [1.54, 1.807) is 18.2 Å². The first kappa shape index (κ1) is 23.3. The first-order valence-corrected chi connectivity index (χ1v) is 12.4. The van der Waals surface area contributed by atoms with Gasteiger partial charge in [0.1, 0.15) is 0 Å². The topological polar surface area (TPSA) is 69.7 Å². The molecule has 0 aromatic heterocycles. The molecule has 0 spiro atoms. The Kier molecular flexibility index (Phi) is 7.73. The third kappa shape index (κ3) is 6.08. The zero-order valence-corrected chi connectivity index (χ0v) is 19.5. The summed E-state index contributed by atoms with van der Waals surface area (Å²) < 4.78 is 27.4. The number of hydrogen-bond donors (Lipinski definition) is 1. The monoisotopic (exact) mass is 443 g/mol. The van der Waals surface area contributed by atoms with Crippen molar-refractivity contribution in [3.05, 3.63) is 59.7 Å². The number of amides is 1. The predicted molar refractivity (Wildman–Crippen MR) is 125 cm³/mol. The van der Waals surface area contributed by atoms with Crippen LogP contribution < -0.4 is 9.62 Å². The van der Waals surface area contributed by atoms with Crippen molar-refractivity contribution in [3.63, 3.8) is 0 Å². The number of piperidine rings is 1. The Morgan fingerprint density at radius 3 is 2.71 bits per heavy atom. The first-order valence-electron chi connectivity index (χ1n) is 10.9. The van der Waals surface area contributed by atoms with Gasteiger partial charge in [0, 0.05) is 25.7 Å². The highest BCUT2D eigenvalue weighted by molar-refractivity contribution is 7.92. The summed E-state index contributed by atoms with van der Waals surface area (Å²) in [6.07, 6.45) is 3.42. The van der Waals surface area contributed by atoms with Gasteiger partial charge >= 0.3 is 0 Å². The van der Waals surface area contributed by atoms with E-state index in [0.29, 0.717) is 17.8 Å². The molecule has 1 aliphatic heterocycles. The third-order valence-corrected chi connectivity index (χ3v) is 7.58. The fraction of sp³-hybridized carbons (Fsp3) is 0.458. The minimum Gasteiger partial charge on any atom is -0.352 e. The van der Waals surface area contributed by atoms with E-state index in [1.165, 1.54) is 36.3 Å². The number of aryl methyl sites for hydroxylation is 1. The number of rotatable bonds is 8. The zero-order chi connectivity index (χ0) is 22.4. The molecular formula is C24H33N3O3S. The summed E-state index contributed by atoms with van der Waals surface area (Å²) >= 11 is 0. The molecule has 1 atom stereocenters. The first-order chi connectivity index (χ1) is 14.8. The van der Waals surface area contributed by atoms with Crippen LogP contribution in [0.15, 0.2) is 53.4 Å². The molecule has 2 aromatic carbocycles. The fourth-order valence-electron chi connectivity index (χ4n) is 4.01. The quantitative estimate of drug-likeness (QED) is 0.632. The van der Waals surface area contributed by atoms with E-state index in [2.05, 4.69) is 17.1 Å². The van der Waals surface area contributed by atoms with Crippen molar-refractivity contribution in [2.45, 2.75) is 38.0 Å². The lowest BCUT2D eigenvalue weighted by molar-refractivity contribution is 0.0950. The van der Waals surface area contributed by atoms with Crippen molar-refractivity contribution < 1.29 is 13.2 Å². The van der Waals surface area contributed by atoms with Gasteiger partial charge in [-0.15, -0.1) is 0 Å². The molecule has 0 saturated carbocycles. The van der Waals surface area contributed by atoms with Gasteiger partial charge in [-0.05, 0) is 81.1 Å². The average Bonchev–Trinajstić information content (AvgIpc) is 2.76. The van der Waals surface area contributed by atoms with Crippen LogP contribution in [0.3, 0.4) is 0 Å². The Morgan fingerprint density at radius 1 is 1.19 bits per heavy atom. The molecule has 3 rings (SSSR count). The molecule has 6 nitrogen and oxygen atoms in total. The number of benzene rings is 2. The normalized spacial score (nSPS) is 17.3. The van der Waals surface area contributed by atoms with Crippen LogP contribution in [0.25, 0.3) is 0 Å². The van der Waals surface area contributed by atoms with E-state index in [0.717, 1.165) is 37.5 Å². The molecule has 1 heterocycles. The molecule has 1 saturated heterocycles. The molecule has 1 N–H and O–H groups in total. The summed E-state index contributed by atoms with van der Waals surface area (Å²) in [6.45, 7) is 8.01. The van der Waals surface area contributed by atoms with Gasteiger partial charge in [0.2, 0.25) is 0 Å². The SMILES string of the molecule is Cc1cccc(N(C)S(=O)(=O)c2cccc(C(=O)NCCCN3CCC[C@@H](C)C3)c2)c1. The molecule has 1 amide bonds. The van der Waals surface area contributed by atoms with E-state index in [-0.39, 0.29) is 10.8 Å². The highest BCUT2D eigenvalue weighted by Gasteiger charge is 2.22. The van der Waals surface area contributed by atoms with Crippen LogP contribution in [0, 0.1) is 12.8 Å². The lowest BCUT2D eigenvalue weighted by Gasteiger charge is -2.30. The molecule has 31 heavy (non-hydrogen) atoms. The Labute approximate surface area is 186 Å². The predicted octanol–water partition coefficient (Wildman–Crippen LogP) is 3.67. The highest BCUT2D eigenvalue weighted by atomic mass is 32.2. The summed E-state index contributed by atoms with van der Waals surface area (Å²) in [7, 11) is -2.24. The number of hydrogen-bond acceptors (Lipinski definition) is 4. The molecule has 0 aliphatic carbocycles. The second-order valence-electron chi connectivity index (χ2n) is 8.50. The Hall–Kier alpha value is -2.38. The molecule has 1 aliphatic rings. The van der Waals surface area contributed by atoms with Gasteiger partial charge in [-0.1, -0.05) is 25.1 Å². The van der Waals surface area contributed by atoms with E-state index in [1.807, 2.05) is 25.1 Å². The maximum Gasteiger partial charge on any atom is 0.264 e. The third-order valence-electron chi connectivity index (χ3n) is 5.80. The van der Waals surface area contributed by atoms with Crippen LogP contribution in [0.2, 0.25) is 0 Å². The summed E-state index contributed by atoms with van der Waals surface area (Å²) in [5.74, 6) is 0.494.